The molecular formula is C14H13ClN2O3. The lowest BCUT2D eigenvalue weighted by Crippen LogP contribution is -2.17. The third kappa shape index (κ3) is 3.46. The van der Waals surface area contributed by atoms with Crippen LogP contribution in [0.4, 0.5) is 11.4 Å². The Balaban J connectivity index is 2.06. The van der Waals surface area contributed by atoms with E-state index >= 15 is 0 Å². The molecule has 0 atom stereocenters. The van der Waals surface area contributed by atoms with E-state index in [-0.39, 0.29) is 10.7 Å². The van der Waals surface area contributed by atoms with Gasteiger partial charge in [-0.3, -0.25) is 20.0 Å². The summed E-state index contributed by atoms with van der Waals surface area (Å²) in [6.45, 7) is 0.394. The second-order valence-electron chi connectivity index (χ2n) is 4.15. The van der Waals surface area contributed by atoms with Gasteiger partial charge in [-0.1, -0.05) is 41.9 Å². The van der Waals surface area contributed by atoms with Crippen LogP contribution in [0.5, 0.6) is 0 Å². The summed E-state index contributed by atoms with van der Waals surface area (Å²) in [6.07, 6.45) is 0. The van der Waals surface area contributed by atoms with Crippen molar-refractivity contribution < 1.29 is 9.76 Å². The third-order valence-corrected chi connectivity index (χ3v) is 3.05. The van der Waals surface area contributed by atoms with Crippen LogP contribution in [0.15, 0.2) is 48.5 Å². The average molecular weight is 293 g/mol. The van der Waals surface area contributed by atoms with Gasteiger partial charge in [-0.05, 0) is 11.6 Å². The van der Waals surface area contributed by atoms with Crippen LogP contribution in [0.3, 0.4) is 0 Å². The van der Waals surface area contributed by atoms with Gasteiger partial charge in [0.2, 0.25) is 0 Å². The maximum Gasteiger partial charge on any atom is 0.271 e. The van der Waals surface area contributed by atoms with Crippen molar-refractivity contribution in [2.75, 3.05) is 12.1 Å². The maximum absolute atomic E-state index is 10.6. The minimum atomic E-state index is -0.486. The number of hydrogen-bond acceptors (Lipinski definition) is 4. The molecule has 0 spiro atoms. The number of hydroxylamine groups is 1. The molecule has 0 radical (unpaired) electrons. The van der Waals surface area contributed by atoms with E-state index in [0.29, 0.717) is 12.3 Å². The molecular weight excluding hydrogens is 280 g/mol. The Morgan fingerprint density at radius 1 is 1.25 bits per heavy atom. The number of hydrogen-bond donors (Lipinski definition) is 0. The first-order chi connectivity index (χ1) is 9.58. The van der Waals surface area contributed by atoms with E-state index < -0.39 is 4.92 Å². The van der Waals surface area contributed by atoms with Gasteiger partial charge in [0.25, 0.3) is 5.69 Å². The van der Waals surface area contributed by atoms with E-state index in [1.807, 2.05) is 30.3 Å². The van der Waals surface area contributed by atoms with Crippen molar-refractivity contribution in [2.45, 2.75) is 6.61 Å². The van der Waals surface area contributed by atoms with E-state index in [4.69, 9.17) is 16.4 Å². The number of rotatable bonds is 5. The first kappa shape index (κ1) is 14.3. The van der Waals surface area contributed by atoms with Gasteiger partial charge in [-0.25, -0.2) is 0 Å². The molecule has 0 aliphatic rings. The lowest BCUT2D eigenvalue weighted by Gasteiger charge is -2.19. The molecule has 104 valence electrons. The zero-order valence-electron chi connectivity index (χ0n) is 10.8. The van der Waals surface area contributed by atoms with Gasteiger partial charge in [0.1, 0.15) is 0 Å². The third-order valence-electron chi connectivity index (χ3n) is 2.75. The Kier molecular flexibility index (Phi) is 4.55. The molecule has 0 amide bonds. The molecule has 20 heavy (non-hydrogen) atoms. The minimum Gasteiger partial charge on any atom is -0.269 e. The number of nitrogens with zero attached hydrogens (tertiary/aromatic N) is 2. The monoisotopic (exact) mass is 292 g/mol. The molecule has 0 heterocycles. The second-order valence-corrected chi connectivity index (χ2v) is 4.56. The molecule has 0 fully saturated rings. The lowest BCUT2D eigenvalue weighted by atomic mass is 10.2. The standard InChI is InChI=1S/C14H13ClN2O3/c1-16(20-10-11-5-3-2-4-6-11)14-8-7-12(17(18)19)9-13(14)15/h2-9H,10H2,1H3. The molecule has 2 aromatic rings. The summed E-state index contributed by atoms with van der Waals surface area (Å²) in [7, 11) is 1.70. The zero-order chi connectivity index (χ0) is 14.5. The molecule has 0 saturated carbocycles. The number of non-ortho nitro benzene ring substituents is 1. The van der Waals surface area contributed by atoms with E-state index in [1.54, 1.807) is 13.1 Å². The highest BCUT2D eigenvalue weighted by atomic mass is 35.5. The average Bonchev–Trinajstić information content (AvgIpc) is 2.45. The van der Waals surface area contributed by atoms with Gasteiger partial charge in [0.05, 0.1) is 22.2 Å². The molecule has 5 nitrogen and oxygen atoms in total. The van der Waals surface area contributed by atoms with Crippen molar-refractivity contribution in [3.63, 3.8) is 0 Å². The number of halogens is 1. The van der Waals surface area contributed by atoms with Crippen LogP contribution < -0.4 is 5.06 Å². The largest absolute Gasteiger partial charge is 0.271 e. The van der Waals surface area contributed by atoms with Crippen molar-refractivity contribution in [1.29, 1.82) is 0 Å². The quantitative estimate of drug-likeness (QED) is 0.621. The van der Waals surface area contributed by atoms with Crippen LogP contribution in [0, 0.1) is 10.1 Å². The second kappa shape index (κ2) is 6.36. The molecule has 0 unspecified atom stereocenters. The predicted octanol–water partition coefficient (Wildman–Crippen LogP) is 3.82. The first-order valence-corrected chi connectivity index (χ1v) is 6.30. The summed E-state index contributed by atoms with van der Waals surface area (Å²) in [5.41, 5.74) is 1.56. The van der Waals surface area contributed by atoms with Crippen LogP contribution in [0.2, 0.25) is 5.02 Å². The molecule has 6 heteroatoms. The van der Waals surface area contributed by atoms with Gasteiger partial charge < -0.3 is 0 Å². The van der Waals surface area contributed by atoms with E-state index in [9.17, 15) is 10.1 Å². The molecule has 2 aromatic carbocycles. The van der Waals surface area contributed by atoms with Crippen LogP contribution in [-0.2, 0) is 11.4 Å². The van der Waals surface area contributed by atoms with Crippen molar-refractivity contribution in [3.05, 3.63) is 69.2 Å². The molecule has 0 aliphatic carbocycles. The molecule has 0 N–H and O–H groups in total. The zero-order valence-corrected chi connectivity index (χ0v) is 11.6. The topological polar surface area (TPSA) is 55.6 Å². The van der Waals surface area contributed by atoms with Gasteiger partial charge in [0.15, 0.2) is 0 Å². The first-order valence-electron chi connectivity index (χ1n) is 5.92. The van der Waals surface area contributed by atoms with Crippen LogP contribution in [0.25, 0.3) is 0 Å². The highest BCUT2D eigenvalue weighted by Gasteiger charge is 2.12. The minimum absolute atomic E-state index is 0.0461. The summed E-state index contributed by atoms with van der Waals surface area (Å²) in [6, 6.07) is 13.9. The van der Waals surface area contributed by atoms with Gasteiger partial charge in [-0.2, -0.15) is 0 Å². The van der Waals surface area contributed by atoms with Crippen molar-refractivity contribution >= 4 is 23.0 Å². The van der Waals surface area contributed by atoms with Gasteiger partial charge in [-0.15, -0.1) is 0 Å². The number of nitro groups is 1. The predicted molar refractivity (Wildman–Crippen MR) is 77.7 cm³/mol. The van der Waals surface area contributed by atoms with E-state index in [0.717, 1.165) is 5.56 Å². The van der Waals surface area contributed by atoms with Crippen LogP contribution in [0.1, 0.15) is 5.56 Å². The highest BCUT2D eigenvalue weighted by molar-refractivity contribution is 6.33. The summed E-state index contributed by atoms with van der Waals surface area (Å²) in [5, 5.41) is 12.4. The fourth-order valence-corrected chi connectivity index (χ4v) is 1.97. The Morgan fingerprint density at radius 2 is 1.95 bits per heavy atom. The van der Waals surface area contributed by atoms with E-state index in [2.05, 4.69) is 0 Å². The maximum atomic E-state index is 10.6. The highest BCUT2D eigenvalue weighted by Crippen LogP contribution is 2.29. The molecule has 0 bridgehead atoms. The Labute approximate surface area is 121 Å². The van der Waals surface area contributed by atoms with Crippen molar-refractivity contribution in [3.8, 4) is 0 Å². The van der Waals surface area contributed by atoms with Crippen molar-refractivity contribution in [2.24, 2.45) is 0 Å². The Hall–Kier alpha value is -2.11. The van der Waals surface area contributed by atoms with Crippen LogP contribution in [-0.4, -0.2) is 12.0 Å². The summed E-state index contributed by atoms with van der Waals surface area (Å²) < 4.78 is 0. The summed E-state index contributed by atoms with van der Waals surface area (Å²) in [4.78, 5) is 15.7. The van der Waals surface area contributed by atoms with Crippen LogP contribution >= 0.6 is 11.6 Å². The fourth-order valence-electron chi connectivity index (χ4n) is 1.68. The molecule has 2 rings (SSSR count). The number of nitro benzene ring substituents is 1. The van der Waals surface area contributed by atoms with Gasteiger partial charge in [0, 0.05) is 19.2 Å². The SMILES string of the molecule is CN(OCc1ccccc1)c1ccc([N+](=O)[O-])cc1Cl. The lowest BCUT2D eigenvalue weighted by molar-refractivity contribution is -0.384. The van der Waals surface area contributed by atoms with Crippen molar-refractivity contribution in [1.82, 2.24) is 0 Å². The normalized spacial score (nSPS) is 10.3. The Bertz CT molecular complexity index is 605. The molecule has 0 aromatic heterocycles. The van der Waals surface area contributed by atoms with E-state index in [1.165, 1.54) is 17.2 Å². The smallest absolute Gasteiger partial charge is 0.269 e. The number of benzene rings is 2. The summed E-state index contributed by atoms with van der Waals surface area (Å²) in [5.74, 6) is 0. The Morgan fingerprint density at radius 3 is 2.55 bits per heavy atom. The molecule has 0 aliphatic heterocycles. The number of anilines is 1. The van der Waals surface area contributed by atoms with Gasteiger partial charge >= 0.3 is 0 Å². The molecule has 0 saturated heterocycles. The fraction of sp³-hybridized carbons (Fsp3) is 0.143. The summed E-state index contributed by atoms with van der Waals surface area (Å²) >= 11 is 6.02.